The Balaban J connectivity index is 1.75. The van der Waals surface area contributed by atoms with Gasteiger partial charge in [-0.25, -0.2) is 23.1 Å². The van der Waals surface area contributed by atoms with Crippen LogP contribution in [0.2, 0.25) is 10.0 Å². The van der Waals surface area contributed by atoms with Crippen LogP contribution in [0.3, 0.4) is 0 Å². The molecule has 1 saturated heterocycles. The second-order valence-corrected chi connectivity index (χ2v) is 8.19. The van der Waals surface area contributed by atoms with Crippen molar-refractivity contribution in [3.05, 3.63) is 64.7 Å². The highest BCUT2D eigenvalue weighted by atomic mass is 35.5. The first kappa shape index (κ1) is 23.1. The molecule has 1 aliphatic heterocycles. The second-order valence-electron chi connectivity index (χ2n) is 7.41. The molecular formula is C22H17Cl2F3N4O2. The maximum Gasteiger partial charge on any atom is 0.282 e. The molecule has 3 aromatic rings. The molecule has 0 atom stereocenters. The third-order valence-electron chi connectivity index (χ3n) is 5.48. The highest BCUT2D eigenvalue weighted by Crippen LogP contribution is 2.46. The number of anilines is 2. The predicted octanol–water partition coefficient (Wildman–Crippen LogP) is 5.56. The van der Waals surface area contributed by atoms with E-state index >= 15 is 8.78 Å². The summed E-state index contributed by atoms with van der Waals surface area (Å²) in [5.41, 5.74) is -0.117. The lowest BCUT2D eigenvalue weighted by Gasteiger charge is -2.42. The topological polar surface area (TPSA) is 67.4 Å². The normalized spacial score (nSPS) is 14.2. The number of hydrogen-bond acceptors (Lipinski definition) is 5. The number of amides is 1. The first-order valence-electron chi connectivity index (χ1n) is 9.70. The molecule has 172 valence electrons. The van der Waals surface area contributed by atoms with Crippen LogP contribution in [0.15, 0.2) is 43.2 Å². The molecule has 4 rings (SSSR count). The summed E-state index contributed by atoms with van der Waals surface area (Å²) >= 11 is 11.7. The Kier molecular flexibility index (Phi) is 6.11. The number of fused-ring (bicyclic) bond motifs is 1. The van der Waals surface area contributed by atoms with E-state index in [4.69, 9.17) is 27.9 Å². The van der Waals surface area contributed by atoms with Crippen LogP contribution in [-0.4, -0.2) is 41.0 Å². The Hall–Kier alpha value is -3.04. The van der Waals surface area contributed by atoms with Crippen molar-refractivity contribution < 1.29 is 22.7 Å². The summed E-state index contributed by atoms with van der Waals surface area (Å²) in [6, 6.07) is 5.33. The molecule has 1 N–H and O–H groups in total. The number of aromatic nitrogens is 2. The summed E-state index contributed by atoms with van der Waals surface area (Å²) in [6.45, 7) is 3.13. The molecule has 0 unspecified atom stereocenters. The van der Waals surface area contributed by atoms with E-state index in [0.29, 0.717) is 5.52 Å². The van der Waals surface area contributed by atoms with Crippen LogP contribution in [-0.2, 0) is 10.7 Å². The quantitative estimate of drug-likeness (QED) is 0.357. The maximum absolute atomic E-state index is 15.4. The maximum atomic E-state index is 15.4. The van der Waals surface area contributed by atoms with Crippen LogP contribution >= 0.6 is 23.2 Å². The van der Waals surface area contributed by atoms with Gasteiger partial charge in [-0.1, -0.05) is 29.8 Å². The van der Waals surface area contributed by atoms with Crippen molar-refractivity contribution in [3.8, 4) is 5.75 Å². The number of carbonyl (C=O) groups is 1. The van der Waals surface area contributed by atoms with Gasteiger partial charge in [0, 0.05) is 24.5 Å². The standard InChI is InChI=1S/C22H17Cl2F3N4O2/c1-3-18(32)31-8-11(9-31)22(26,27)13-6-12-16(7-17(13)33-2)28-10-29-21(12)30-15-5-4-14(23)19(24)20(15)25/h3-7,10-11H,1,8-9H2,2H3,(H,28,29,30). The Morgan fingerprint density at radius 2 is 2.03 bits per heavy atom. The van der Waals surface area contributed by atoms with Crippen LogP contribution < -0.4 is 10.1 Å². The van der Waals surface area contributed by atoms with Gasteiger partial charge < -0.3 is 15.0 Å². The summed E-state index contributed by atoms with van der Waals surface area (Å²) in [7, 11) is 1.28. The van der Waals surface area contributed by atoms with Gasteiger partial charge >= 0.3 is 0 Å². The number of nitrogens with one attached hydrogen (secondary N) is 1. The molecule has 0 spiro atoms. The number of rotatable bonds is 6. The van der Waals surface area contributed by atoms with Crippen LogP contribution in [0.5, 0.6) is 5.75 Å². The molecule has 1 aromatic heterocycles. The molecule has 2 heterocycles. The van der Waals surface area contributed by atoms with E-state index in [1.807, 2.05) is 0 Å². The van der Waals surface area contributed by atoms with Crippen molar-refractivity contribution in [1.82, 2.24) is 14.9 Å². The molecular weight excluding hydrogens is 480 g/mol. The van der Waals surface area contributed by atoms with Crippen molar-refractivity contribution in [1.29, 1.82) is 0 Å². The molecule has 0 saturated carbocycles. The number of carbonyl (C=O) groups excluding carboxylic acids is 1. The largest absolute Gasteiger partial charge is 0.496 e. The van der Waals surface area contributed by atoms with E-state index in [-0.39, 0.29) is 51.3 Å². The number of halogens is 5. The SMILES string of the molecule is C=CC(=O)N1CC(C(F)(F)c2cc3c(Nc4ccc(Cl)c(Cl)c4F)ncnc3cc2OC)C1. The lowest BCUT2D eigenvalue weighted by molar-refractivity contribution is -0.152. The number of hydrogen-bond donors (Lipinski definition) is 1. The molecule has 1 amide bonds. The smallest absolute Gasteiger partial charge is 0.282 e. The van der Waals surface area contributed by atoms with Gasteiger partial charge in [-0.15, -0.1) is 0 Å². The van der Waals surface area contributed by atoms with E-state index in [1.165, 1.54) is 42.6 Å². The fraction of sp³-hybridized carbons (Fsp3) is 0.227. The van der Waals surface area contributed by atoms with Crippen molar-refractivity contribution >= 4 is 51.5 Å². The Morgan fingerprint density at radius 1 is 1.30 bits per heavy atom. The first-order valence-corrected chi connectivity index (χ1v) is 10.5. The average molecular weight is 497 g/mol. The molecule has 1 fully saturated rings. The molecule has 11 heteroatoms. The van der Waals surface area contributed by atoms with Crippen LogP contribution in [0.1, 0.15) is 5.56 Å². The van der Waals surface area contributed by atoms with Crippen molar-refractivity contribution in [2.45, 2.75) is 5.92 Å². The number of methoxy groups -OCH3 is 1. The second kappa shape index (κ2) is 8.72. The fourth-order valence-corrected chi connectivity index (χ4v) is 3.91. The monoisotopic (exact) mass is 496 g/mol. The molecule has 6 nitrogen and oxygen atoms in total. The molecule has 2 aromatic carbocycles. The molecule has 33 heavy (non-hydrogen) atoms. The van der Waals surface area contributed by atoms with Gasteiger partial charge in [0.15, 0.2) is 5.82 Å². The number of benzene rings is 2. The van der Waals surface area contributed by atoms with Crippen LogP contribution in [0.25, 0.3) is 10.9 Å². The molecule has 0 radical (unpaired) electrons. The summed E-state index contributed by atoms with van der Waals surface area (Å²) < 4.78 is 50.6. The van der Waals surface area contributed by atoms with E-state index < -0.39 is 23.6 Å². The Labute approximate surface area is 197 Å². The molecule has 1 aliphatic rings. The highest BCUT2D eigenvalue weighted by Gasteiger charge is 2.50. The van der Waals surface area contributed by atoms with E-state index in [0.717, 1.165) is 6.08 Å². The minimum absolute atomic E-state index is 0.0309. The summed E-state index contributed by atoms with van der Waals surface area (Å²) in [6.07, 6.45) is 2.30. The van der Waals surface area contributed by atoms with Gasteiger partial charge in [0.2, 0.25) is 5.91 Å². The third-order valence-corrected chi connectivity index (χ3v) is 6.27. The van der Waals surface area contributed by atoms with Gasteiger partial charge in [-0.2, -0.15) is 0 Å². The Bertz CT molecular complexity index is 1270. The van der Waals surface area contributed by atoms with Crippen molar-refractivity contribution in [3.63, 3.8) is 0 Å². The zero-order valence-electron chi connectivity index (χ0n) is 17.2. The minimum Gasteiger partial charge on any atom is -0.496 e. The number of alkyl halides is 2. The lowest BCUT2D eigenvalue weighted by Crippen LogP contribution is -2.55. The van der Waals surface area contributed by atoms with Crippen LogP contribution in [0, 0.1) is 11.7 Å². The van der Waals surface area contributed by atoms with Crippen molar-refractivity contribution in [2.75, 3.05) is 25.5 Å². The first-order chi connectivity index (χ1) is 15.7. The Morgan fingerprint density at radius 3 is 2.70 bits per heavy atom. The minimum atomic E-state index is -3.32. The van der Waals surface area contributed by atoms with E-state index in [2.05, 4.69) is 21.9 Å². The zero-order valence-corrected chi connectivity index (χ0v) is 18.7. The zero-order chi connectivity index (χ0) is 23.9. The summed E-state index contributed by atoms with van der Waals surface area (Å²) in [5, 5.41) is 2.74. The molecule has 0 aliphatic carbocycles. The van der Waals surface area contributed by atoms with E-state index in [1.54, 1.807) is 0 Å². The molecule has 0 bridgehead atoms. The summed E-state index contributed by atoms with van der Waals surface area (Å²) in [4.78, 5) is 21.1. The van der Waals surface area contributed by atoms with Crippen LogP contribution in [0.4, 0.5) is 24.7 Å². The summed E-state index contributed by atoms with van der Waals surface area (Å²) in [5.74, 6) is -5.62. The fourth-order valence-electron chi connectivity index (χ4n) is 3.60. The van der Waals surface area contributed by atoms with Crippen molar-refractivity contribution in [2.24, 2.45) is 5.92 Å². The highest BCUT2D eigenvalue weighted by molar-refractivity contribution is 6.42. The third kappa shape index (κ3) is 4.06. The number of ether oxygens (including phenoxy) is 1. The number of nitrogens with zero attached hydrogens (tertiary/aromatic N) is 3. The van der Waals surface area contributed by atoms with Gasteiger partial charge in [-0.05, 0) is 24.3 Å². The average Bonchev–Trinajstić information content (AvgIpc) is 2.77. The van der Waals surface area contributed by atoms with Gasteiger partial charge in [-0.3, -0.25) is 4.79 Å². The van der Waals surface area contributed by atoms with Gasteiger partial charge in [0.1, 0.15) is 17.9 Å². The van der Waals surface area contributed by atoms with Gasteiger partial charge in [0.25, 0.3) is 5.92 Å². The van der Waals surface area contributed by atoms with Gasteiger partial charge in [0.05, 0.1) is 39.8 Å². The number of likely N-dealkylation sites (tertiary alicyclic amines) is 1. The predicted molar refractivity (Wildman–Crippen MR) is 120 cm³/mol. The van der Waals surface area contributed by atoms with E-state index in [9.17, 15) is 9.18 Å². The lowest BCUT2D eigenvalue weighted by atomic mass is 9.87.